The standard InChI is InChI=1S/C26H26ClN5O/c1-19-8-10-21(11-9-19)32-25(18-23(28-32)24-7-4-12-29(24)2)26(33)31-15-13-30(14-16-31)22-6-3-5-20(27)17-22/h3-12,17-18H,13-16H2,1-2H3. The Labute approximate surface area is 198 Å². The monoisotopic (exact) mass is 459 g/mol. The molecule has 4 aromatic rings. The van der Waals surface area contributed by atoms with Gasteiger partial charge in [-0.3, -0.25) is 4.79 Å². The summed E-state index contributed by atoms with van der Waals surface area (Å²) in [6.45, 7) is 4.85. The molecule has 1 amide bonds. The smallest absolute Gasteiger partial charge is 0.272 e. The zero-order chi connectivity index (χ0) is 22.9. The van der Waals surface area contributed by atoms with Crippen molar-refractivity contribution in [1.29, 1.82) is 0 Å². The summed E-state index contributed by atoms with van der Waals surface area (Å²) in [5.74, 6) is -0.00530. The second kappa shape index (κ2) is 8.79. The van der Waals surface area contributed by atoms with Gasteiger partial charge in [0.05, 0.1) is 11.4 Å². The molecule has 0 radical (unpaired) electrons. The lowest BCUT2D eigenvalue weighted by Gasteiger charge is -2.36. The van der Waals surface area contributed by atoms with Gasteiger partial charge in [0.15, 0.2) is 0 Å². The summed E-state index contributed by atoms with van der Waals surface area (Å²) >= 11 is 6.16. The van der Waals surface area contributed by atoms with Crippen LogP contribution in [0, 0.1) is 6.92 Å². The summed E-state index contributed by atoms with van der Waals surface area (Å²) in [7, 11) is 1.98. The second-order valence-electron chi connectivity index (χ2n) is 8.43. The van der Waals surface area contributed by atoms with Gasteiger partial charge in [-0.1, -0.05) is 35.4 Å². The molecule has 2 aromatic heterocycles. The van der Waals surface area contributed by atoms with E-state index in [0.29, 0.717) is 18.8 Å². The molecule has 0 aliphatic carbocycles. The fourth-order valence-corrected chi connectivity index (χ4v) is 4.46. The molecule has 1 fully saturated rings. The van der Waals surface area contributed by atoms with E-state index < -0.39 is 0 Å². The fraction of sp³-hybridized carbons (Fsp3) is 0.231. The van der Waals surface area contributed by atoms with Crippen LogP contribution in [0.3, 0.4) is 0 Å². The van der Waals surface area contributed by atoms with Crippen LogP contribution in [-0.4, -0.2) is 51.3 Å². The van der Waals surface area contributed by atoms with Crippen LogP contribution in [0.1, 0.15) is 16.1 Å². The molecule has 0 bridgehead atoms. The highest BCUT2D eigenvalue weighted by Crippen LogP contribution is 2.25. The van der Waals surface area contributed by atoms with Crippen molar-refractivity contribution in [2.24, 2.45) is 7.05 Å². The van der Waals surface area contributed by atoms with E-state index in [1.807, 2.05) is 90.3 Å². The molecule has 6 nitrogen and oxygen atoms in total. The Morgan fingerprint density at radius 3 is 2.33 bits per heavy atom. The lowest BCUT2D eigenvalue weighted by atomic mass is 10.2. The van der Waals surface area contributed by atoms with Crippen molar-refractivity contribution in [3.8, 4) is 17.1 Å². The number of piperazine rings is 1. The highest BCUT2D eigenvalue weighted by Gasteiger charge is 2.27. The number of aryl methyl sites for hydroxylation is 2. The molecule has 1 saturated heterocycles. The zero-order valence-electron chi connectivity index (χ0n) is 18.8. The third-order valence-corrected chi connectivity index (χ3v) is 6.39. The number of halogens is 1. The van der Waals surface area contributed by atoms with Crippen molar-refractivity contribution in [1.82, 2.24) is 19.2 Å². The summed E-state index contributed by atoms with van der Waals surface area (Å²) in [4.78, 5) is 17.8. The van der Waals surface area contributed by atoms with Crippen LogP contribution in [0.25, 0.3) is 17.1 Å². The third kappa shape index (κ3) is 4.26. The van der Waals surface area contributed by atoms with Crippen molar-refractivity contribution >= 4 is 23.2 Å². The summed E-state index contributed by atoms with van der Waals surface area (Å²) < 4.78 is 3.79. The van der Waals surface area contributed by atoms with Gasteiger partial charge < -0.3 is 14.4 Å². The maximum Gasteiger partial charge on any atom is 0.272 e. The summed E-state index contributed by atoms with van der Waals surface area (Å²) in [5.41, 5.74) is 5.46. The maximum atomic E-state index is 13.6. The van der Waals surface area contributed by atoms with Crippen LogP contribution in [0.15, 0.2) is 72.9 Å². The van der Waals surface area contributed by atoms with Crippen molar-refractivity contribution in [2.45, 2.75) is 6.92 Å². The third-order valence-electron chi connectivity index (χ3n) is 6.15. The number of hydrogen-bond acceptors (Lipinski definition) is 3. The zero-order valence-corrected chi connectivity index (χ0v) is 19.5. The minimum absolute atomic E-state index is 0.00530. The largest absolute Gasteiger partial charge is 0.368 e. The normalized spacial score (nSPS) is 14.0. The number of anilines is 1. The second-order valence-corrected chi connectivity index (χ2v) is 8.86. The van der Waals surface area contributed by atoms with Gasteiger partial charge in [-0.05, 0) is 55.5 Å². The molecule has 0 saturated carbocycles. The first kappa shape index (κ1) is 21.3. The van der Waals surface area contributed by atoms with Crippen LogP contribution in [0.4, 0.5) is 5.69 Å². The highest BCUT2D eigenvalue weighted by molar-refractivity contribution is 6.30. The molecular weight excluding hydrogens is 434 g/mol. The van der Waals surface area contributed by atoms with Crippen molar-refractivity contribution in [2.75, 3.05) is 31.1 Å². The number of rotatable bonds is 4. The first-order valence-corrected chi connectivity index (χ1v) is 11.5. The number of aromatic nitrogens is 3. The molecule has 33 heavy (non-hydrogen) atoms. The molecule has 2 aromatic carbocycles. The van der Waals surface area contributed by atoms with Crippen LogP contribution < -0.4 is 4.90 Å². The quantitative estimate of drug-likeness (QED) is 0.440. The lowest BCUT2D eigenvalue weighted by molar-refractivity contribution is 0.0737. The molecule has 0 unspecified atom stereocenters. The Morgan fingerprint density at radius 2 is 1.67 bits per heavy atom. The summed E-state index contributed by atoms with van der Waals surface area (Å²) in [6.07, 6.45) is 1.98. The number of hydrogen-bond donors (Lipinski definition) is 0. The van der Waals surface area contributed by atoms with E-state index >= 15 is 0 Å². The number of benzene rings is 2. The van der Waals surface area contributed by atoms with E-state index in [-0.39, 0.29) is 5.91 Å². The molecule has 3 heterocycles. The maximum absolute atomic E-state index is 13.6. The van der Waals surface area contributed by atoms with Gasteiger partial charge in [0, 0.05) is 50.1 Å². The molecule has 1 aliphatic heterocycles. The molecule has 5 rings (SSSR count). The Morgan fingerprint density at radius 1 is 0.909 bits per heavy atom. The Bertz CT molecular complexity index is 1280. The number of amides is 1. The molecule has 7 heteroatoms. The summed E-state index contributed by atoms with van der Waals surface area (Å²) in [6, 6.07) is 21.9. The van der Waals surface area contributed by atoms with E-state index in [2.05, 4.69) is 11.0 Å². The van der Waals surface area contributed by atoms with E-state index in [9.17, 15) is 4.79 Å². The number of nitrogens with zero attached hydrogens (tertiary/aromatic N) is 5. The average molecular weight is 460 g/mol. The Hall–Kier alpha value is -3.51. The molecule has 168 valence electrons. The molecule has 0 spiro atoms. The number of carbonyl (C=O) groups is 1. The molecule has 0 atom stereocenters. The van der Waals surface area contributed by atoms with Gasteiger partial charge in [-0.2, -0.15) is 5.10 Å². The predicted molar refractivity (Wildman–Crippen MR) is 132 cm³/mol. The lowest BCUT2D eigenvalue weighted by Crippen LogP contribution is -2.49. The molecule has 1 aliphatic rings. The van der Waals surface area contributed by atoms with Crippen LogP contribution in [-0.2, 0) is 7.05 Å². The first-order valence-electron chi connectivity index (χ1n) is 11.1. The van der Waals surface area contributed by atoms with Crippen molar-refractivity contribution in [3.63, 3.8) is 0 Å². The van der Waals surface area contributed by atoms with Gasteiger partial charge in [0.25, 0.3) is 5.91 Å². The fourth-order valence-electron chi connectivity index (χ4n) is 4.27. The van der Waals surface area contributed by atoms with Crippen LogP contribution in [0.2, 0.25) is 5.02 Å². The van der Waals surface area contributed by atoms with Gasteiger partial charge in [0.2, 0.25) is 0 Å². The van der Waals surface area contributed by atoms with Gasteiger partial charge in [0.1, 0.15) is 11.4 Å². The van der Waals surface area contributed by atoms with Gasteiger partial charge in [-0.25, -0.2) is 4.68 Å². The van der Waals surface area contributed by atoms with Crippen LogP contribution >= 0.6 is 11.6 Å². The average Bonchev–Trinajstić information content (AvgIpc) is 3.45. The van der Waals surface area contributed by atoms with Gasteiger partial charge >= 0.3 is 0 Å². The topological polar surface area (TPSA) is 46.3 Å². The van der Waals surface area contributed by atoms with E-state index in [1.165, 1.54) is 5.56 Å². The predicted octanol–water partition coefficient (Wildman–Crippen LogP) is 4.80. The van der Waals surface area contributed by atoms with Crippen LogP contribution in [0.5, 0.6) is 0 Å². The summed E-state index contributed by atoms with van der Waals surface area (Å²) in [5, 5.41) is 5.55. The van der Waals surface area contributed by atoms with E-state index in [1.54, 1.807) is 4.68 Å². The van der Waals surface area contributed by atoms with Crippen molar-refractivity contribution < 1.29 is 4.79 Å². The van der Waals surface area contributed by atoms with E-state index in [0.717, 1.165) is 40.9 Å². The Balaban J connectivity index is 1.43. The first-order chi connectivity index (χ1) is 16.0. The highest BCUT2D eigenvalue weighted by atomic mass is 35.5. The molecule has 0 N–H and O–H groups in total. The van der Waals surface area contributed by atoms with E-state index in [4.69, 9.17) is 16.7 Å². The SMILES string of the molecule is Cc1ccc(-n2nc(-c3cccn3C)cc2C(=O)N2CCN(c3cccc(Cl)c3)CC2)cc1. The van der Waals surface area contributed by atoms with Crippen molar-refractivity contribution in [3.05, 3.63) is 89.2 Å². The molecular formula is C26H26ClN5O. The minimum Gasteiger partial charge on any atom is -0.368 e. The number of carbonyl (C=O) groups excluding carboxylic acids is 1. The van der Waals surface area contributed by atoms with Gasteiger partial charge in [-0.15, -0.1) is 0 Å². The Kier molecular flexibility index (Phi) is 5.68. The minimum atomic E-state index is -0.00530.